The lowest BCUT2D eigenvalue weighted by Gasteiger charge is -2.27. The van der Waals surface area contributed by atoms with Crippen LogP contribution in [0.15, 0.2) is 0 Å². The Bertz CT molecular complexity index is 164. The molecule has 1 rings (SSSR count). The highest BCUT2D eigenvalue weighted by molar-refractivity contribution is 4.77. The molecule has 0 spiro atoms. The largest absolute Gasteiger partial charge is 0.391 e. The molecule has 15 heavy (non-hydrogen) atoms. The van der Waals surface area contributed by atoms with Gasteiger partial charge in [-0.2, -0.15) is 0 Å². The quantitative estimate of drug-likeness (QED) is 0.748. The van der Waals surface area contributed by atoms with E-state index < -0.39 is 6.10 Å². The van der Waals surface area contributed by atoms with Crippen molar-refractivity contribution in [3.05, 3.63) is 0 Å². The predicted molar refractivity (Wildman–Crippen MR) is 63.5 cm³/mol. The van der Waals surface area contributed by atoms with E-state index in [0.717, 1.165) is 12.8 Å². The molecule has 0 aromatic heterocycles. The summed E-state index contributed by atoms with van der Waals surface area (Å²) in [4.78, 5) is 0. The van der Waals surface area contributed by atoms with Gasteiger partial charge in [0.15, 0.2) is 0 Å². The molecular weight excluding hydrogens is 186 g/mol. The zero-order valence-corrected chi connectivity index (χ0v) is 10.2. The van der Waals surface area contributed by atoms with E-state index in [1.54, 1.807) is 0 Å². The molecule has 2 N–H and O–H groups in total. The molecule has 0 aliphatic heterocycles. The van der Waals surface area contributed by atoms with Gasteiger partial charge in [-0.15, -0.1) is 0 Å². The lowest BCUT2D eigenvalue weighted by molar-refractivity contribution is 0.103. The Kier molecular flexibility index (Phi) is 5.62. The molecule has 0 amide bonds. The highest BCUT2D eigenvalue weighted by atomic mass is 16.3. The van der Waals surface area contributed by atoms with Crippen LogP contribution in [0.3, 0.4) is 0 Å². The summed E-state index contributed by atoms with van der Waals surface area (Å²) in [7, 11) is 0. The number of aliphatic hydroxyl groups excluding tert-OH is 1. The fraction of sp³-hybridized carbons (Fsp3) is 1.00. The van der Waals surface area contributed by atoms with Crippen molar-refractivity contribution in [2.24, 2.45) is 11.8 Å². The fourth-order valence-corrected chi connectivity index (χ4v) is 2.59. The maximum absolute atomic E-state index is 9.83. The highest BCUT2D eigenvalue weighted by Crippen LogP contribution is 2.28. The van der Waals surface area contributed by atoms with Crippen molar-refractivity contribution in [1.82, 2.24) is 5.73 Å². The number of aliphatic hydroxyl groups is 1. The standard InChI is InChI=1S/C13H26NO/c1-10(2)8-13(15)12(14)9-11-6-4-3-5-7-11/h10-15H,3-9H2,1-2H3/t12-,13-/m0/s1. The zero-order chi connectivity index (χ0) is 11.3. The molecule has 0 bridgehead atoms. The summed E-state index contributed by atoms with van der Waals surface area (Å²) in [5, 5.41) is 9.83. The van der Waals surface area contributed by atoms with Gasteiger partial charge in [0.1, 0.15) is 0 Å². The van der Waals surface area contributed by atoms with Gasteiger partial charge >= 0.3 is 0 Å². The Hall–Kier alpha value is -0.0800. The molecule has 1 fully saturated rings. The van der Waals surface area contributed by atoms with E-state index in [1.807, 2.05) is 0 Å². The van der Waals surface area contributed by atoms with Gasteiger partial charge in [0.2, 0.25) is 0 Å². The van der Waals surface area contributed by atoms with Crippen LogP contribution in [0, 0.1) is 11.8 Å². The van der Waals surface area contributed by atoms with Gasteiger partial charge in [-0.1, -0.05) is 46.0 Å². The van der Waals surface area contributed by atoms with Crippen LogP contribution in [-0.2, 0) is 0 Å². The maximum Gasteiger partial charge on any atom is 0.0709 e. The Morgan fingerprint density at radius 3 is 2.33 bits per heavy atom. The summed E-state index contributed by atoms with van der Waals surface area (Å²) in [6.07, 6.45) is 7.87. The zero-order valence-electron chi connectivity index (χ0n) is 10.2. The van der Waals surface area contributed by atoms with Crippen LogP contribution in [0.1, 0.15) is 58.8 Å². The van der Waals surface area contributed by atoms with Gasteiger partial charge in [-0.05, 0) is 24.7 Å². The summed E-state index contributed by atoms with van der Waals surface area (Å²) in [5.74, 6) is 1.21. The first-order valence-corrected chi connectivity index (χ1v) is 6.48. The first kappa shape index (κ1) is 13.0. The molecule has 0 aromatic carbocycles. The van der Waals surface area contributed by atoms with E-state index in [-0.39, 0.29) is 6.04 Å². The maximum atomic E-state index is 9.83. The molecule has 1 radical (unpaired) electrons. The lowest BCUT2D eigenvalue weighted by atomic mass is 9.83. The van der Waals surface area contributed by atoms with E-state index in [0.29, 0.717) is 11.8 Å². The van der Waals surface area contributed by atoms with Crippen molar-refractivity contribution in [3.8, 4) is 0 Å². The van der Waals surface area contributed by atoms with Crippen molar-refractivity contribution in [1.29, 1.82) is 0 Å². The molecule has 2 heteroatoms. The predicted octanol–water partition coefficient (Wildman–Crippen LogP) is 3.02. The van der Waals surface area contributed by atoms with Crippen LogP contribution in [-0.4, -0.2) is 17.3 Å². The monoisotopic (exact) mass is 212 g/mol. The molecule has 0 aromatic rings. The molecule has 89 valence electrons. The minimum absolute atomic E-state index is 0.254. The molecule has 0 heterocycles. The first-order chi connectivity index (χ1) is 7.09. The minimum atomic E-state index is -0.410. The fourth-order valence-electron chi connectivity index (χ4n) is 2.59. The molecule has 0 saturated heterocycles. The van der Waals surface area contributed by atoms with Gasteiger partial charge in [0.05, 0.1) is 6.10 Å². The van der Waals surface area contributed by atoms with Crippen LogP contribution in [0.4, 0.5) is 0 Å². The van der Waals surface area contributed by atoms with E-state index in [2.05, 4.69) is 13.8 Å². The summed E-state index contributed by atoms with van der Waals surface area (Å²) in [6, 6.07) is -0.254. The van der Waals surface area contributed by atoms with Crippen molar-refractivity contribution < 1.29 is 5.11 Å². The van der Waals surface area contributed by atoms with Gasteiger partial charge in [-0.25, -0.2) is 0 Å². The second-order valence-electron chi connectivity index (χ2n) is 5.54. The molecule has 1 saturated carbocycles. The smallest absolute Gasteiger partial charge is 0.0709 e. The Labute approximate surface area is 94.2 Å². The van der Waals surface area contributed by atoms with Crippen LogP contribution in [0.5, 0.6) is 0 Å². The lowest BCUT2D eigenvalue weighted by Crippen LogP contribution is -2.31. The Morgan fingerprint density at radius 1 is 1.20 bits per heavy atom. The third kappa shape index (κ3) is 4.98. The van der Waals surface area contributed by atoms with Crippen molar-refractivity contribution in [2.75, 3.05) is 0 Å². The molecule has 1 aliphatic rings. The van der Waals surface area contributed by atoms with E-state index in [1.165, 1.54) is 32.1 Å². The first-order valence-electron chi connectivity index (χ1n) is 6.48. The number of rotatable bonds is 5. The molecular formula is C13H26NO. The summed E-state index contributed by atoms with van der Waals surface area (Å²) in [6.45, 7) is 4.22. The van der Waals surface area contributed by atoms with E-state index in [4.69, 9.17) is 5.73 Å². The third-order valence-electron chi connectivity index (χ3n) is 3.49. The number of nitrogens with one attached hydrogen (secondary N) is 1. The normalized spacial score (nSPS) is 23.0. The van der Waals surface area contributed by atoms with Crippen molar-refractivity contribution >= 4 is 0 Å². The van der Waals surface area contributed by atoms with Crippen molar-refractivity contribution in [2.45, 2.75) is 70.9 Å². The average molecular weight is 212 g/mol. The highest BCUT2D eigenvalue weighted by Gasteiger charge is 2.22. The molecule has 2 nitrogen and oxygen atoms in total. The van der Waals surface area contributed by atoms with Crippen LogP contribution in [0.25, 0.3) is 0 Å². The summed E-state index contributed by atoms with van der Waals surface area (Å²) >= 11 is 0. The average Bonchev–Trinajstić information content (AvgIpc) is 2.18. The summed E-state index contributed by atoms with van der Waals surface area (Å²) < 4.78 is 0. The Balaban J connectivity index is 2.23. The number of hydrogen-bond acceptors (Lipinski definition) is 1. The van der Waals surface area contributed by atoms with Crippen LogP contribution < -0.4 is 5.73 Å². The second-order valence-corrected chi connectivity index (χ2v) is 5.54. The van der Waals surface area contributed by atoms with Crippen LogP contribution in [0.2, 0.25) is 0 Å². The SMILES string of the molecule is CC(C)C[C@H](O)[C@@H]([NH])CC1CCCCC1. The minimum Gasteiger partial charge on any atom is -0.391 e. The van der Waals surface area contributed by atoms with Crippen molar-refractivity contribution in [3.63, 3.8) is 0 Å². The van der Waals surface area contributed by atoms with Gasteiger partial charge in [-0.3, -0.25) is 5.73 Å². The van der Waals surface area contributed by atoms with Gasteiger partial charge < -0.3 is 5.11 Å². The summed E-state index contributed by atoms with van der Waals surface area (Å²) in [5.41, 5.74) is 7.96. The van der Waals surface area contributed by atoms with Gasteiger partial charge in [0.25, 0.3) is 0 Å². The van der Waals surface area contributed by atoms with Gasteiger partial charge in [0, 0.05) is 6.04 Å². The van der Waals surface area contributed by atoms with E-state index in [9.17, 15) is 5.11 Å². The Morgan fingerprint density at radius 2 is 1.80 bits per heavy atom. The third-order valence-corrected chi connectivity index (χ3v) is 3.49. The topological polar surface area (TPSA) is 44.0 Å². The molecule has 1 aliphatic carbocycles. The molecule has 0 unspecified atom stereocenters. The number of hydrogen-bond donors (Lipinski definition) is 1. The van der Waals surface area contributed by atoms with Crippen LogP contribution >= 0.6 is 0 Å². The molecule has 2 atom stereocenters. The second kappa shape index (κ2) is 6.49. The van der Waals surface area contributed by atoms with E-state index >= 15 is 0 Å².